The van der Waals surface area contributed by atoms with Gasteiger partial charge in [0, 0.05) is 376 Å². The Kier molecular flexibility index (Phi) is 4770. The summed E-state index contributed by atoms with van der Waals surface area (Å²) in [6, 6.07) is 0.405. The molecule has 1 heterocycles. The molecular weight excluding hydrogens is 1760 g/mol. The van der Waals surface area contributed by atoms with E-state index in [9.17, 15) is 4.79 Å². The van der Waals surface area contributed by atoms with Crippen LogP contribution in [-0.2, 0) is 19.0 Å². The summed E-state index contributed by atoms with van der Waals surface area (Å²) in [5, 5.41) is 3.42. The average molecular weight is 1790 g/mol. The Hall–Kier alpha value is -6.18. The van der Waals surface area contributed by atoms with Gasteiger partial charge in [-0.25, -0.2) is 0 Å². The maximum absolute atomic E-state index is 11.7. The molecule has 84 heteroatoms. The van der Waals surface area contributed by atoms with Gasteiger partial charge in [0.05, 0.1) is 31.3 Å². The summed E-state index contributed by atoms with van der Waals surface area (Å²) in [5.74, 6) is 0.0450. The zero-order valence-electron chi connectivity index (χ0n) is 42.5. The van der Waals surface area contributed by atoms with Crippen LogP contribution < -0.4 is 5.32 Å². The number of halogens is 79. The molecule has 1 saturated heterocycles. The average Bonchev–Trinajstić information content (AvgIpc) is 2.14. The van der Waals surface area contributed by atoms with E-state index in [1.165, 1.54) is 0 Å². The standard InChI is InChI=1S/C15H27NO4.39F2.FH/c1-3-19-15(17)11-4-6-13(7-5-11)20-10-12-8-14(18-2)9-16-12;39*1-2;/h11-14,16H,3-10H2,1-2H3;;;;;;;;;;;;;;;;;;;;;;;;;;;;;;;;;;;;;;;;1H/t11?,12-,13?,14-;;;;;;;;;;;;;;;;;;;;;;;;;;;;;;;;;;;;;;;;/m0......................................../s1. The predicted molar refractivity (Wildman–Crippen MR) is 164 cm³/mol. The first-order valence-electron chi connectivity index (χ1n) is 13.3. The van der Waals surface area contributed by atoms with Gasteiger partial charge in [0.2, 0.25) is 0 Å². The molecule has 0 unspecified atom stereocenters. The van der Waals surface area contributed by atoms with Crippen molar-refractivity contribution in [3.05, 3.63) is 0 Å². The Bertz CT molecular complexity index is 374. The lowest BCUT2D eigenvalue weighted by Gasteiger charge is -2.28. The van der Waals surface area contributed by atoms with Gasteiger partial charge in [-0.2, -0.15) is 0 Å². The minimum atomic E-state index is -0.0358. The van der Waals surface area contributed by atoms with E-state index in [2.05, 4.69) is 5.32 Å². The van der Waals surface area contributed by atoms with Crippen molar-refractivity contribution in [3.8, 4) is 0 Å². The summed E-state index contributed by atoms with van der Waals surface area (Å²) >= 11 is 0. The van der Waals surface area contributed by atoms with Crippen LogP contribution in [-0.4, -0.2) is 51.1 Å². The van der Waals surface area contributed by atoms with Gasteiger partial charge in [0.1, 0.15) is 0 Å². The third kappa shape index (κ3) is 1030. The Balaban J connectivity index is -0.0000000108. The second kappa shape index (κ2) is 1750. The molecule has 1 aliphatic heterocycles. The van der Waals surface area contributed by atoms with Crippen molar-refractivity contribution in [1.82, 2.24) is 5.32 Å². The van der Waals surface area contributed by atoms with Crippen LogP contribution >= 0.6 is 0 Å². The van der Waals surface area contributed by atoms with Crippen molar-refractivity contribution < 1.29 is 380 Å². The van der Waals surface area contributed by atoms with Crippen LogP contribution in [0.25, 0.3) is 0 Å². The number of hydrogen-bond donors (Lipinski definition) is 1. The zero-order chi connectivity index (χ0) is 92.4. The molecule has 1 aliphatic carbocycles. The normalized spacial score (nSPS) is 9.25. The van der Waals surface area contributed by atoms with Crippen molar-refractivity contribution in [2.24, 2.45) is 5.92 Å². The van der Waals surface area contributed by atoms with Gasteiger partial charge in [0.25, 0.3) is 0 Å². The molecule has 5 nitrogen and oxygen atoms in total. The highest BCUT2D eigenvalue weighted by atomic mass is 20.1. The molecule has 0 aromatic carbocycles. The molecule has 2 rings (SSSR count). The Morgan fingerprint density at radius 2 is 0.424 bits per heavy atom. The molecule has 2 aliphatic rings. The van der Waals surface area contributed by atoms with Gasteiger partial charge >= 0.3 is 5.97 Å². The van der Waals surface area contributed by atoms with E-state index >= 15 is 0 Å². The molecule has 0 bridgehead atoms. The number of ether oxygens (including phenoxy) is 3. The fourth-order valence-corrected chi connectivity index (χ4v) is 3.07. The summed E-state index contributed by atoms with van der Waals surface area (Å²) in [4.78, 5) is 11.7. The highest BCUT2D eigenvalue weighted by Gasteiger charge is 2.29. The predicted octanol–water partition coefficient (Wildman–Crippen LogP) is 34.4. The Morgan fingerprint density at radius 1 is 0.273 bits per heavy atom. The van der Waals surface area contributed by atoms with E-state index in [0.29, 0.717) is 24.9 Å². The van der Waals surface area contributed by atoms with Gasteiger partial charge in [-0.15, -0.1) is 0 Å². The molecular formula is C15H28F79NO4. The molecule has 2 atom stereocenters. The summed E-state index contributed by atoms with van der Waals surface area (Å²) in [5.41, 5.74) is 0. The molecule has 0 aromatic heterocycles. The molecule has 0 radical (unpaired) electrons. The number of hydrogen-bond acceptors (Lipinski definition) is 5. The SMILES string of the molecule is CCOC(=O)C1CCC(OC[C@@H]2C[C@H](OC)CN2)CC1.F.FF.FF.FF.FF.FF.FF.FF.FF.FF.FF.FF.FF.FF.FF.FF.FF.FF.FF.FF.FF.FF.FF.FF.FF.FF.FF.FF.FF.FF.FF.FF.FF.FF.FF.FF.FF.FF.FF.FF. The van der Waals surface area contributed by atoms with Crippen LogP contribution in [0.4, 0.5) is 361 Å². The molecule has 2 fully saturated rings. The smallest absolute Gasteiger partial charge is 0.308 e. The van der Waals surface area contributed by atoms with Crippen LogP contribution in [0.2, 0.25) is 0 Å². The molecule has 1 N–H and O–H groups in total. The minimum absolute atomic E-state index is 0. The number of rotatable bonds is 6. The van der Waals surface area contributed by atoms with Crippen molar-refractivity contribution in [3.63, 3.8) is 0 Å². The monoisotopic (exact) mass is 1790 g/mol. The minimum Gasteiger partial charge on any atom is -0.466 e. The highest BCUT2D eigenvalue weighted by Crippen LogP contribution is 2.27. The lowest BCUT2D eigenvalue weighted by Crippen LogP contribution is -2.32. The molecule has 0 aromatic rings. The van der Waals surface area contributed by atoms with Crippen LogP contribution in [0, 0.1) is 5.92 Å². The quantitative estimate of drug-likeness (QED) is 0.212. The largest absolute Gasteiger partial charge is 0.466 e. The molecule has 0 spiro atoms. The highest BCUT2D eigenvalue weighted by molar-refractivity contribution is 5.72. The van der Waals surface area contributed by atoms with Gasteiger partial charge in [-0.3, -0.25) is 9.50 Å². The Morgan fingerprint density at radius 3 is 0.545 bits per heavy atom. The van der Waals surface area contributed by atoms with Gasteiger partial charge < -0.3 is 19.5 Å². The summed E-state index contributed by atoms with van der Waals surface area (Å²) < 4.78 is 640. The van der Waals surface area contributed by atoms with Crippen molar-refractivity contribution in [2.45, 2.75) is 57.3 Å². The summed E-state index contributed by atoms with van der Waals surface area (Å²) in [6.07, 6.45) is 5.35. The van der Waals surface area contributed by atoms with Crippen LogP contribution in [0.5, 0.6) is 0 Å². The van der Waals surface area contributed by atoms with Crippen LogP contribution in [0.1, 0.15) is 39.0 Å². The van der Waals surface area contributed by atoms with E-state index < -0.39 is 0 Å². The fraction of sp³-hybridized carbons (Fsp3) is 0.933. The first kappa shape index (κ1) is 270. The van der Waals surface area contributed by atoms with Crippen LogP contribution in [0.15, 0.2) is 0 Å². The summed E-state index contributed by atoms with van der Waals surface area (Å²) in [6.45, 7) is 3.99. The molecule has 99 heavy (non-hydrogen) atoms. The van der Waals surface area contributed by atoms with E-state index in [1.807, 2.05) is 6.92 Å². The Labute approximate surface area is 484 Å². The second-order valence-corrected chi connectivity index (χ2v) is 5.76. The molecule has 1 saturated carbocycles. The first-order chi connectivity index (χ1) is 48.7. The van der Waals surface area contributed by atoms with E-state index in [4.69, 9.17) is 371 Å². The number of esters is 1. The second-order valence-electron chi connectivity index (χ2n) is 5.76. The van der Waals surface area contributed by atoms with Crippen molar-refractivity contribution in [1.29, 1.82) is 0 Å². The fourth-order valence-electron chi connectivity index (χ4n) is 3.07. The lowest BCUT2D eigenvalue weighted by atomic mass is 9.87. The first-order valence-corrected chi connectivity index (χ1v) is 13.3. The number of carbonyl (C=O) groups is 1. The lowest BCUT2D eigenvalue weighted by molar-refractivity contribution is -0.150. The van der Waals surface area contributed by atoms with Gasteiger partial charge in [0.15, 0.2) is 0 Å². The van der Waals surface area contributed by atoms with Gasteiger partial charge in [-0.1, -0.05) is 0 Å². The van der Waals surface area contributed by atoms with E-state index in [-0.39, 0.29) is 16.6 Å². The van der Waals surface area contributed by atoms with Crippen molar-refractivity contribution in [2.75, 3.05) is 26.9 Å². The van der Waals surface area contributed by atoms with E-state index in [0.717, 1.165) is 45.3 Å². The number of carbonyl (C=O) groups excluding carboxylic acids is 1. The maximum atomic E-state index is 11.7. The maximum Gasteiger partial charge on any atom is 0.308 e. The number of nitrogens with one attached hydrogen (secondary N) is 1. The topological polar surface area (TPSA) is 56.8 Å². The van der Waals surface area contributed by atoms with Crippen molar-refractivity contribution >= 4 is 5.97 Å². The molecule has 670 valence electrons. The van der Waals surface area contributed by atoms with Crippen LogP contribution in [0.3, 0.4) is 0 Å². The third-order valence-corrected chi connectivity index (χ3v) is 4.34. The number of methoxy groups -OCH3 is 1. The van der Waals surface area contributed by atoms with Gasteiger partial charge in [-0.05, 0) is 39.0 Å². The summed E-state index contributed by atoms with van der Waals surface area (Å²) in [7, 11) is 1.76. The zero-order valence-corrected chi connectivity index (χ0v) is 42.5. The third-order valence-electron chi connectivity index (χ3n) is 4.34. The van der Waals surface area contributed by atoms with E-state index in [1.54, 1.807) is 7.11 Å². The molecule has 0 amide bonds.